The summed E-state index contributed by atoms with van der Waals surface area (Å²) in [7, 11) is 0. The van der Waals surface area contributed by atoms with Gasteiger partial charge >= 0.3 is 0 Å². The van der Waals surface area contributed by atoms with Gasteiger partial charge in [-0.05, 0) is 37.1 Å². The second-order valence-electron chi connectivity index (χ2n) is 5.35. The van der Waals surface area contributed by atoms with Gasteiger partial charge in [0.1, 0.15) is 5.82 Å². The second-order valence-corrected chi connectivity index (χ2v) is 5.35. The molecule has 2 rings (SSSR count). The molecule has 2 atom stereocenters. The number of carbonyl (C=O) groups excluding carboxylic acids is 1. The average molecular weight is 281 g/mol. The number of carbonyl (C=O) groups is 1. The van der Waals surface area contributed by atoms with Crippen molar-refractivity contribution in [2.24, 2.45) is 5.92 Å². The number of likely N-dealkylation sites (tertiary alicyclic amines) is 1. The van der Waals surface area contributed by atoms with Gasteiger partial charge in [0, 0.05) is 6.54 Å². The number of aliphatic hydroxyl groups is 1. The summed E-state index contributed by atoms with van der Waals surface area (Å²) in [6.07, 6.45) is 0.451. The molecule has 0 aromatic heterocycles. The van der Waals surface area contributed by atoms with Crippen LogP contribution in [-0.2, 0) is 4.79 Å². The van der Waals surface area contributed by atoms with Gasteiger partial charge in [-0.15, -0.1) is 0 Å². The van der Waals surface area contributed by atoms with E-state index in [9.17, 15) is 14.3 Å². The molecule has 4 N–H and O–H groups in total. The predicted octanol–water partition coefficient (Wildman–Crippen LogP) is 1.05. The average Bonchev–Trinajstić information content (AvgIpc) is 2.38. The Morgan fingerprint density at radius 3 is 3.05 bits per heavy atom. The van der Waals surface area contributed by atoms with Crippen molar-refractivity contribution in [3.8, 4) is 0 Å². The number of hydrogen-bond donors (Lipinski definition) is 3. The molecule has 1 fully saturated rings. The maximum atomic E-state index is 13.1. The first-order valence-corrected chi connectivity index (χ1v) is 6.71. The van der Waals surface area contributed by atoms with Gasteiger partial charge in [-0.3, -0.25) is 9.69 Å². The topological polar surface area (TPSA) is 78.6 Å². The van der Waals surface area contributed by atoms with Crippen LogP contribution in [0.4, 0.5) is 15.8 Å². The Hall–Kier alpha value is -1.66. The summed E-state index contributed by atoms with van der Waals surface area (Å²) in [5, 5.41) is 12.4. The zero-order valence-electron chi connectivity index (χ0n) is 11.5. The third kappa shape index (κ3) is 3.68. The van der Waals surface area contributed by atoms with Gasteiger partial charge in [0.05, 0.1) is 24.0 Å². The first-order chi connectivity index (χ1) is 9.45. The van der Waals surface area contributed by atoms with Gasteiger partial charge in [0.25, 0.3) is 0 Å². The largest absolute Gasteiger partial charge is 0.397 e. The molecular formula is C14H20FN3O2. The number of hydrogen-bond acceptors (Lipinski definition) is 4. The van der Waals surface area contributed by atoms with Crippen molar-refractivity contribution in [2.45, 2.75) is 19.4 Å². The minimum absolute atomic E-state index is 0.166. The summed E-state index contributed by atoms with van der Waals surface area (Å²) in [5.74, 6) is -0.450. The minimum Gasteiger partial charge on any atom is -0.397 e. The number of nitrogens with one attached hydrogen (secondary N) is 1. The molecule has 0 aliphatic carbocycles. The number of aliphatic hydroxyl groups excluding tert-OH is 1. The van der Waals surface area contributed by atoms with Crippen molar-refractivity contribution >= 4 is 17.3 Å². The van der Waals surface area contributed by atoms with Gasteiger partial charge in [0.2, 0.25) is 5.91 Å². The van der Waals surface area contributed by atoms with Crippen molar-refractivity contribution in [3.05, 3.63) is 24.0 Å². The molecular weight excluding hydrogens is 261 g/mol. The number of piperidine rings is 1. The van der Waals surface area contributed by atoms with Crippen molar-refractivity contribution < 1.29 is 14.3 Å². The Labute approximate surface area is 117 Å². The molecule has 20 heavy (non-hydrogen) atoms. The lowest BCUT2D eigenvalue weighted by atomic mass is 9.96. The lowest BCUT2D eigenvalue weighted by Gasteiger charge is -2.33. The number of nitrogens with zero attached hydrogens (tertiary/aromatic N) is 1. The van der Waals surface area contributed by atoms with E-state index < -0.39 is 11.9 Å². The quantitative estimate of drug-likeness (QED) is 0.724. The number of amides is 1. The zero-order chi connectivity index (χ0) is 14.7. The van der Waals surface area contributed by atoms with Gasteiger partial charge in [-0.25, -0.2) is 4.39 Å². The molecule has 1 saturated heterocycles. The zero-order valence-corrected chi connectivity index (χ0v) is 11.5. The van der Waals surface area contributed by atoms with Gasteiger partial charge < -0.3 is 16.2 Å². The number of nitrogen functional groups attached to an aromatic ring is 1. The molecule has 0 radical (unpaired) electrons. The number of benzene rings is 1. The van der Waals surface area contributed by atoms with Gasteiger partial charge in [-0.1, -0.05) is 6.92 Å². The highest BCUT2D eigenvalue weighted by molar-refractivity contribution is 5.95. The Balaban J connectivity index is 1.91. The van der Waals surface area contributed by atoms with E-state index in [2.05, 4.69) is 5.32 Å². The maximum Gasteiger partial charge on any atom is 0.238 e. The summed E-state index contributed by atoms with van der Waals surface area (Å²) in [4.78, 5) is 13.8. The molecule has 1 aromatic carbocycles. The fourth-order valence-electron chi connectivity index (χ4n) is 2.29. The predicted molar refractivity (Wildman–Crippen MR) is 75.7 cm³/mol. The van der Waals surface area contributed by atoms with Crippen LogP contribution < -0.4 is 11.1 Å². The van der Waals surface area contributed by atoms with Crippen LogP contribution in [0.5, 0.6) is 0 Å². The molecule has 1 heterocycles. The molecule has 1 aromatic rings. The summed E-state index contributed by atoms with van der Waals surface area (Å²) in [6.45, 7) is 3.41. The first-order valence-electron chi connectivity index (χ1n) is 6.71. The van der Waals surface area contributed by atoms with Crippen LogP contribution in [0.3, 0.4) is 0 Å². The van der Waals surface area contributed by atoms with Crippen molar-refractivity contribution in [3.63, 3.8) is 0 Å². The Morgan fingerprint density at radius 1 is 1.60 bits per heavy atom. The van der Waals surface area contributed by atoms with Crippen molar-refractivity contribution in [1.29, 1.82) is 0 Å². The molecule has 6 heteroatoms. The molecule has 1 amide bonds. The summed E-state index contributed by atoms with van der Waals surface area (Å²) >= 11 is 0. The van der Waals surface area contributed by atoms with E-state index in [0.29, 0.717) is 12.2 Å². The van der Waals surface area contributed by atoms with Crippen LogP contribution in [-0.4, -0.2) is 41.7 Å². The van der Waals surface area contributed by atoms with Crippen LogP contribution in [0.1, 0.15) is 13.3 Å². The molecule has 2 unspecified atom stereocenters. The van der Waals surface area contributed by atoms with E-state index in [0.717, 1.165) is 13.0 Å². The normalized spacial score (nSPS) is 23.6. The SMILES string of the molecule is CC1CCN(CC(=O)Nc2cc(F)ccc2N)CC1O. The summed E-state index contributed by atoms with van der Waals surface area (Å²) in [6, 6.07) is 3.85. The van der Waals surface area contributed by atoms with Crippen LogP contribution in [0.25, 0.3) is 0 Å². The Bertz CT molecular complexity index is 495. The van der Waals surface area contributed by atoms with Crippen LogP contribution in [0.2, 0.25) is 0 Å². The molecule has 110 valence electrons. The van der Waals surface area contributed by atoms with Crippen molar-refractivity contribution in [1.82, 2.24) is 4.90 Å². The van der Waals surface area contributed by atoms with Gasteiger partial charge in [0.15, 0.2) is 0 Å². The van der Waals surface area contributed by atoms with E-state index in [1.54, 1.807) is 0 Å². The molecule has 1 aliphatic rings. The van der Waals surface area contributed by atoms with E-state index in [1.807, 2.05) is 11.8 Å². The number of nitrogens with two attached hydrogens (primary N) is 1. The fourth-order valence-corrected chi connectivity index (χ4v) is 2.29. The molecule has 1 aliphatic heterocycles. The number of halogens is 1. The Morgan fingerprint density at radius 2 is 2.35 bits per heavy atom. The third-order valence-electron chi connectivity index (χ3n) is 3.66. The summed E-state index contributed by atoms with van der Waals surface area (Å²) in [5.41, 5.74) is 6.28. The first kappa shape index (κ1) is 14.7. The summed E-state index contributed by atoms with van der Waals surface area (Å²) < 4.78 is 13.1. The molecule has 0 bridgehead atoms. The maximum absolute atomic E-state index is 13.1. The minimum atomic E-state index is -0.447. The van der Waals surface area contributed by atoms with Crippen LogP contribution >= 0.6 is 0 Å². The lowest BCUT2D eigenvalue weighted by Crippen LogP contribution is -2.45. The fraction of sp³-hybridized carbons (Fsp3) is 0.500. The van der Waals surface area contributed by atoms with Crippen LogP contribution in [0, 0.1) is 11.7 Å². The van der Waals surface area contributed by atoms with Gasteiger partial charge in [-0.2, -0.15) is 0 Å². The number of rotatable bonds is 3. The highest BCUT2D eigenvalue weighted by Crippen LogP contribution is 2.20. The van der Waals surface area contributed by atoms with Crippen LogP contribution in [0.15, 0.2) is 18.2 Å². The Kier molecular flexibility index (Phi) is 4.57. The van der Waals surface area contributed by atoms with E-state index in [1.165, 1.54) is 18.2 Å². The van der Waals surface area contributed by atoms with E-state index in [-0.39, 0.29) is 24.1 Å². The lowest BCUT2D eigenvalue weighted by molar-refractivity contribution is -0.118. The van der Waals surface area contributed by atoms with Crippen molar-refractivity contribution in [2.75, 3.05) is 30.7 Å². The molecule has 5 nitrogen and oxygen atoms in total. The molecule has 0 spiro atoms. The monoisotopic (exact) mass is 281 g/mol. The number of β-amino-alcohol motifs (C(OH)–C–C–N with tert-alkyl or cyclic N) is 1. The third-order valence-corrected chi connectivity index (χ3v) is 3.66. The second kappa shape index (κ2) is 6.19. The molecule has 0 saturated carbocycles. The van der Waals surface area contributed by atoms with E-state index >= 15 is 0 Å². The standard InChI is InChI=1S/C14H20FN3O2/c1-9-4-5-18(7-13(9)19)8-14(20)17-12-6-10(15)2-3-11(12)16/h2-3,6,9,13,19H,4-5,7-8,16H2,1H3,(H,17,20). The van der Waals surface area contributed by atoms with E-state index in [4.69, 9.17) is 5.73 Å². The highest BCUT2D eigenvalue weighted by Gasteiger charge is 2.25. The smallest absolute Gasteiger partial charge is 0.238 e. The highest BCUT2D eigenvalue weighted by atomic mass is 19.1. The number of anilines is 2.